The van der Waals surface area contributed by atoms with Gasteiger partial charge in [-0.25, -0.2) is 4.98 Å². The minimum Gasteiger partial charge on any atom is -0.404 e. The molecule has 1 atom stereocenters. The zero-order valence-corrected chi connectivity index (χ0v) is 17.9. The quantitative estimate of drug-likeness (QED) is 0.416. The molecule has 3 N–H and O–H groups in total. The fourth-order valence-electron chi connectivity index (χ4n) is 2.77. The number of benzene rings is 1. The van der Waals surface area contributed by atoms with Gasteiger partial charge in [0.05, 0.1) is 23.4 Å². The van der Waals surface area contributed by atoms with E-state index in [1.165, 1.54) is 12.1 Å². The van der Waals surface area contributed by atoms with Crippen LogP contribution < -0.4 is 15.4 Å². The van der Waals surface area contributed by atoms with E-state index in [9.17, 15) is 18.3 Å². The number of hydrogen-bond acceptors (Lipinski definition) is 7. The van der Waals surface area contributed by atoms with Gasteiger partial charge in [0.2, 0.25) is 5.95 Å². The van der Waals surface area contributed by atoms with Crippen LogP contribution in [0.25, 0.3) is 11.3 Å². The van der Waals surface area contributed by atoms with E-state index in [1.54, 1.807) is 30.6 Å². The molecular formula is C21H21ClF3N5O2. The van der Waals surface area contributed by atoms with Crippen LogP contribution >= 0.6 is 11.6 Å². The Bertz CT molecular complexity index is 1050. The van der Waals surface area contributed by atoms with Crippen LogP contribution in [0.5, 0.6) is 5.75 Å². The summed E-state index contributed by atoms with van der Waals surface area (Å²) < 4.78 is 41.3. The zero-order chi connectivity index (χ0) is 23.3. The molecule has 0 aliphatic heterocycles. The summed E-state index contributed by atoms with van der Waals surface area (Å²) in [6.07, 6.45) is -1.59. The van der Waals surface area contributed by atoms with Gasteiger partial charge in [0.25, 0.3) is 0 Å². The van der Waals surface area contributed by atoms with Crippen LogP contribution in [0.4, 0.5) is 30.6 Å². The summed E-state index contributed by atoms with van der Waals surface area (Å²) in [4.78, 5) is 12.9. The molecule has 170 valence electrons. The predicted octanol–water partition coefficient (Wildman–Crippen LogP) is 5.26. The highest BCUT2D eigenvalue weighted by molar-refractivity contribution is 6.32. The van der Waals surface area contributed by atoms with Crippen molar-refractivity contribution in [1.82, 2.24) is 15.0 Å². The third-order valence-corrected chi connectivity index (χ3v) is 4.74. The van der Waals surface area contributed by atoms with Crippen LogP contribution in [0.3, 0.4) is 0 Å². The van der Waals surface area contributed by atoms with Crippen LogP contribution in [0.1, 0.15) is 13.8 Å². The maximum Gasteiger partial charge on any atom is 0.573 e. The molecule has 0 saturated carbocycles. The van der Waals surface area contributed by atoms with E-state index in [4.69, 9.17) is 11.6 Å². The molecule has 0 aliphatic rings. The van der Waals surface area contributed by atoms with Gasteiger partial charge in [-0.1, -0.05) is 25.4 Å². The van der Waals surface area contributed by atoms with Crippen molar-refractivity contribution < 1.29 is 23.0 Å². The predicted molar refractivity (Wildman–Crippen MR) is 116 cm³/mol. The Balaban J connectivity index is 1.93. The summed E-state index contributed by atoms with van der Waals surface area (Å²) in [5.41, 5.74) is 1.76. The second-order valence-corrected chi connectivity index (χ2v) is 7.60. The molecule has 0 bridgehead atoms. The Morgan fingerprint density at radius 2 is 1.81 bits per heavy atom. The topological polar surface area (TPSA) is 92.2 Å². The normalized spacial score (nSPS) is 12.5. The summed E-state index contributed by atoms with van der Waals surface area (Å²) in [7, 11) is 0. The number of anilines is 3. The molecule has 3 aromatic rings. The molecule has 0 aliphatic carbocycles. The number of ether oxygens (including phenoxy) is 1. The highest BCUT2D eigenvalue weighted by atomic mass is 35.5. The van der Waals surface area contributed by atoms with Crippen LogP contribution in [0, 0.1) is 5.92 Å². The number of nitrogens with zero attached hydrogens (tertiary/aromatic N) is 3. The van der Waals surface area contributed by atoms with E-state index in [1.807, 2.05) is 13.8 Å². The Morgan fingerprint density at radius 3 is 2.41 bits per heavy atom. The van der Waals surface area contributed by atoms with Crippen molar-refractivity contribution in [3.05, 3.63) is 53.8 Å². The number of nitrogens with one attached hydrogen (secondary N) is 2. The summed E-state index contributed by atoms with van der Waals surface area (Å²) in [5, 5.41) is 15.6. The minimum atomic E-state index is -4.84. The van der Waals surface area contributed by atoms with E-state index < -0.39 is 12.1 Å². The van der Waals surface area contributed by atoms with Gasteiger partial charge in [-0.2, -0.15) is 4.98 Å². The Morgan fingerprint density at radius 1 is 1.09 bits per heavy atom. The van der Waals surface area contributed by atoms with Gasteiger partial charge in [0, 0.05) is 29.7 Å². The average molecular weight is 468 g/mol. The first-order valence-corrected chi connectivity index (χ1v) is 10.0. The number of pyridine rings is 1. The first-order valence-electron chi connectivity index (χ1n) is 9.64. The lowest BCUT2D eigenvalue weighted by Gasteiger charge is -2.21. The second kappa shape index (κ2) is 10.0. The third kappa shape index (κ3) is 6.44. The van der Waals surface area contributed by atoms with E-state index in [2.05, 4.69) is 30.3 Å². The molecule has 1 aromatic carbocycles. The molecule has 0 unspecified atom stereocenters. The van der Waals surface area contributed by atoms with Gasteiger partial charge >= 0.3 is 6.36 Å². The first-order chi connectivity index (χ1) is 15.1. The van der Waals surface area contributed by atoms with Gasteiger partial charge in [-0.15, -0.1) is 13.2 Å². The summed E-state index contributed by atoms with van der Waals surface area (Å²) >= 11 is 5.94. The summed E-state index contributed by atoms with van der Waals surface area (Å²) in [6, 6.07) is 8.77. The Hall–Kier alpha value is -3.11. The summed E-state index contributed by atoms with van der Waals surface area (Å²) in [5.74, 6) is 0.257. The largest absolute Gasteiger partial charge is 0.573 e. The fraction of sp³-hybridized carbons (Fsp3) is 0.286. The van der Waals surface area contributed by atoms with Gasteiger partial charge < -0.3 is 20.5 Å². The second-order valence-electron chi connectivity index (χ2n) is 7.19. The van der Waals surface area contributed by atoms with Gasteiger partial charge in [-0.05, 0) is 36.2 Å². The number of aromatic nitrogens is 3. The average Bonchev–Trinajstić information content (AvgIpc) is 2.73. The van der Waals surface area contributed by atoms with Crippen molar-refractivity contribution in [2.24, 2.45) is 5.92 Å². The van der Waals surface area contributed by atoms with Crippen molar-refractivity contribution >= 4 is 29.1 Å². The summed E-state index contributed by atoms with van der Waals surface area (Å²) in [6.45, 7) is 3.79. The molecule has 0 fully saturated rings. The van der Waals surface area contributed by atoms with E-state index in [-0.39, 0.29) is 29.5 Å². The van der Waals surface area contributed by atoms with Crippen molar-refractivity contribution in [3.8, 4) is 17.0 Å². The van der Waals surface area contributed by atoms with E-state index in [0.717, 1.165) is 11.6 Å². The molecule has 0 radical (unpaired) electrons. The van der Waals surface area contributed by atoms with Crippen LogP contribution in [-0.2, 0) is 0 Å². The zero-order valence-electron chi connectivity index (χ0n) is 17.2. The highest BCUT2D eigenvalue weighted by Gasteiger charge is 2.32. The maximum atomic E-state index is 12.5. The van der Waals surface area contributed by atoms with Crippen LogP contribution in [0.2, 0.25) is 5.02 Å². The lowest BCUT2D eigenvalue weighted by Crippen LogP contribution is -2.30. The van der Waals surface area contributed by atoms with Crippen molar-refractivity contribution in [2.75, 3.05) is 17.2 Å². The van der Waals surface area contributed by atoms with Gasteiger partial charge in [0.15, 0.2) is 0 Å². The van der Waals surface area contributed by atoms with Crippen LogP contribution in [0.15, 0.2) is 48.8 Å². The number of rotatable bonds is 8. The molecule has 0 amide bonds. The first kappa shape index (κ1) is 23.6. The van der Waals surface area contributed by atoms with Gasteiger partial charge in [0.1, 0.15) is 11.6 Å². The molecule has 2 heterocycles. The van der Waals surface area contributed by atoms with Crippen molar-refractivity contribution in [2.45, 2.75) is 26.3 Å². The fourth-order valence-corrected chi connectivity index (χ4v) is 2.99. The van der Waals surface area contributed by atoms with Gasteiger partial charge in [-0.3, -0.25) is 4.98 Å². The molecule has 11 heteroatoms. The molecule has 0 saturated heterocycles. The van der Waals surface area contributed by atoms with Crippen LogP contribution in [-0.4, -0.2) is 39.1 Å². The lowest BCUT2D eigenvalue weighted by molar-refractivity contribution is -0.274. The standard InChI is InChI=1S/C21H21ClF3N5O2/c1-12(2)17(11-31)29-20-28-16(13-5-7-26-8-6-13)10-19(30-20)27-14-3-4-18(15(22)9-14)32-21(23,24)25/h3-10,12,17,31H,11H2,1-2H3,(H2,27,28,29,30)/t17-/m1/s1. The third-order valence-electron chi connectivity index (χ3n) is 4.45. The molecular weight excluding hydrogens is 447 g/mol. The molecule has 0 spiro atoms. The Kier molecular flexibility index (Phi) is 7.37. The Labute approximate surface area is 187 Å². The number of hydrogen-bond donors (Lipinski definition) is 3. The number of alkyl halides is 3. The molecule has 2 aromatic heterocycles. The van der Waals surface area contributed by atoms with Crippen molar-refractivity contribution in [3.63, 3.8) is 0 Å². The minimum absolute atomic E-state index is 0.112. The lowest BCUT2D eigenvalue weighted by atomic mass is 10.1. The maximum absolute atomic E-state index is 12.5. The highest BCUT2D eigenvalue weighted by Crippen LogP contribution is 2.33. The van der Waals surface area contributed by atoms with E-state index >= 15 is 0 Å². The number of halogens is 4. The smallest absolute Gasteiger partial charge is 0.404 e. The monoisotopic (exact) mass is 467 g/mol. The van der Waals surface area contributed by atoms with Crippen molar-refractivity contribution in [1.29, 1.82) is 0 Å². The van der Waals surface area contributed by atoms with E-state index in [0.29, 0.717) is 17.2 Å². The number of aliphatic hydroxyl groups excluding tert-OH is 1. The molecule has 3 rings (SSSR count). The molecule has 7 nitrogen and oxygen atoms in total. The SMILES string of the molecule is CC(C)[C@@H](CO)Nc1nc(Nc2ccc(OC(F)(F)F)c(Cl)c2)cc(-c2ccncc2)n1. The molecule has 32 heavy (non-hydrogen) atoms. The number of aliphatic hydroxyl groups is 1.